The van der Waals surface area contributed by atoms with E-state index in [1.54, 1.807) is 0 Å². The predicted octanol–water partition coefficient (Wildman–Crippen LogP) is 1.92. The van der Waals surface area contributed by atoms with E-state index < -0.39 is 0 Å². The summed E-state index contributed by atoms with van der Waals surface area (Å²) in [6.45, 7) is 14.2. The second-order valence-corrected chi connectivity index (χ2v) is 4.04. The monoisotopic (exact) mass is 354 g/mol. The van der Waals surface area contributed by atoms with E-state index in [9.17, 15) is 0 Å². The van der Waals surface area contributed by atoms with Gasteiger partial charge in [0.2, 0.25) is 0 Å². The zero-order valence-corrected chi connectivity index (χ0v) is 14.5. The molecule has 1 rings (SSSR count). The molecule has 0 aliphatic rings. The third kappa shape index (κ3) is 32.2. The van der Waals surface area contributed by atoms with Gasteiger partial charge in [-0.3, -0.25) is 0 Å². The molecule has 0 atom stereocenters. The molecule has 0 amide bonds. The van der Waals surface area contributed by atoms with E-state index in [-0.39, 0.29) is 22.1 Å². The molecular formula is C14H22CrO5S. The van der Waals surface area contributed by atoms with E-state index >= 15 is 0 Å². The Morgan fingerprint density at radius 2 is 0.952 bits per heavy atom. The van der Waals surface area contributed by atoms with Crippen molar-refractivity contribution in [3.8, 4) is 0 Å². The summed E-state index contributed by atoms with van der Waals surface area (Å²) < 4.78 is -0.0126. The van der Waals surface area contributed by atoms with Crippen LogP contribution in [0.3, 0.4) is 0 Å². The summed E-state index contributed by atoms with van der Waals surface area (Å²) in [5.41, 5.74) is 1.26. The van der Waals surface area contributed by atoms with E-state index in [0.29, 0.717) is 0 Å². The fourth-order valence-electron chi connectivity index (χ4n) is 0.846. The Hall–Kier alpha value is -1.55. The molecular weight excluding hydrogens is 332 g/mol. The van der Waals surface area contributed by atoms with Crippen LogP contribution in [0.25, 0.3) is 0 Å². The van der Waals surface area contributed by atoms with Gasteiger partial charge in [0, 0.05) is 22.1 Å². The predicted molar refractivity (Wildman–Crippen MR) is 84.1 cm³/mol. The van der Waals surface area contributed by atoms with Crippen LogP contribution in [0.1, 0.15) is 19.4 Å². The minimum atomic E-state index is -0.0126. The molecule has 21 heavy (non-hydrogen) atoms. The quantitative estimate of drug-likeness (QED) is 0.779. The number of carbonyl (C=O) groups excluding carboxylic acids is 5. The first-order valence-corrected chi connectivity index (χ1v) is 5.27. The van der Waals surface area contributed by atoms with Crippen molar-refractivity contribution >= 4 is 46.6 Å². The molecule has 5 nitrogen and oxygen atoms in total. The standard InChI is InChI=1S/C9H12S.5CH2O.Cr/c1-9(2,10)8-6-4-3-5-7-8;5*1-2;/h3-7,10H,1-2H3;5*1H2;. The normalized spacial score (nSPS) is 6.43. The van der Waals surface area contributed by atoms with Gasteiger partial charge in [-0.1, -0.05) is 30.3 Å². The Morgan fingerprint density at radius 3 is 1.10 bits per heavy atom. The third-order valence-electron chi connectivity index (χ3n) is 1.48. The van der Waals surface area contributed by atoms with Crippen LogP contribution in [0.4, 0.5) is 0 Å². The van der Waals surface area contributed by atoms with E-state index in [1.165, 1.54) is 5.56 Å². The van der Waals surface area contributed by atoms with Crippen molar-refractivity contribution in [3.63, 3.8) is 0 Å². The molecule has 7 heteroatoms. The van der Waals surface area contributed by atoms with Gasteiger partial charge in [0.1, 0.15) is 33.9 Å². The number of hydrogen-bond acceptors (Lipinski definition) is 6. The largest absolute Gasteiger partial charge is 0.307 e. The van der Waals surface area contributed by atoms with Crippen LogP contribution in [-0.2, 0) is 46.1 Å². The zero-order valence-electron chi connectivity index (χ0n) is 12.3. The molecule has 0 fully saturated rings. The Balaban J connectivity index is -0.0000000440. The first kappa shape index (κ1) is 36.6. The van der Waals surface area contributed by atoms with Crippen molar-refractivity contribution in [1.29, 1.82) is 0 Å². The Bertz CT molecular complexity index is 269. The van der Waals surface area contributed by atoms with Crippen molar-refractivity contribution in [2.24, 2.45) is 0 Å². The van der Waals surface area contributed by atoms with Crippen LogP contribution in [0.5, 0.6) is 0 Å². The average molecular weight is 354 g/mol. The molecule has 0 N–H and O–H groups in total. The zero-order chi connectivity index (χ0) is 17.6. The van der Waals surface area contributed by atoms with Crippen LogP contribution >= 0.6 is 12.6 Å². The van der Waals surface area contributed by atoms with Crippen LogP contribution in [0.2, 0.25) is 0 Å². The smallest absolute Gasteiger partial charge is 0.106 e. The maximum atomic E-state index is 8.00. The summed E-state index contributed by atoms with van der Waals surface area (Å²) in [6, 6.07) is 10.3. The number of thiol groups is 1. The summed E-state index contributed by atoms with van der Waals surface area (Å²) in [4.78, 5) is 40.0. The summed E-state index contributed by atoms with van der Waals surface area (Å²) in [7, 11) is 0. The SMILES string of the molecule is C=O.C=O.C=O.C=O.C=O.CC(C)(S)c1ccccc1.[Cr]. The van der Waals surface area contributed by atoms with Gasteiger partial charge in [0.25, 0.3) is 0 Å². The summed E-state index contributed by atoms with van der Waals surface area (Å²) in [5.74, 6) is 0. The van der Waals surface area contributed by atoms with Gasteiger partial charge < -0.3 is 24.0 Å². The molecule has 1 aromatic carbocycles. The van der Waals surface area contributed by atoms with Crippen LogP contribution in [0.15, 0.2) is 30.3 Å². The van der Waals surface area contributed by atoms with E-state index in [1.807, 2.05) is 52.1 Å². The maximum Gasteiger partial charge on any atom is 0.106 e. The number of benzene rings is 1. The van der Waals surface area contributed by atoms with Gasteiger partial charge in [-0.25, -0.2) is 0 Å². The fourth-order valence-corrected chi connectivity index (χ4v) is 0.995. The third-order valence-corrected chi connectivity index (χ3v) is 1.74. The van der Waals surface area contributed by atoms with Crippen molar-refractivity contribution in [1.82, 2.24) is 0 Å². The number of rotatable bonds is 1. The number of carbonyl (C=O) groups is 5. The van der Waals surface area contributed by atoms with Crippen molar-refractivity contribution in [2.45, 2.75) is 18.6 Å². The summed E-state index contributed by atoms with van der Waals surface area (Å²) in [5, 5.41) is 0. The topological polar surface area (TPSA) is 85.3 Å². The van der Waals surface area contributed by atoms with Crippen molar-refractivity contribution in [3.05, 3.63) is 35.9 Å². The summed E-state index contributed by atoms with van der Waals surface area (Å²) in [6.07, 6.45) is 0. The van der Waals surface area contributed by atoms with Crippen molar-refractivity contribution in [2.75, 3.05) is 0 Å². The first-order chi connectivity index (χ1) is 9.61. The van der Waals surface area contributed by atoms with Crippen LogP contribution < -0.4 is 0 Å². The first-order valence-electron chi connectivity index (χ1n) is 4.83. The van der Waals surface area contributed by atoms with Crippen LogP contribution in [0, 0.1) is 0 Å². The molecule has 0 unspecified atom stereocenters. The summed E-state index contributed by atoms with van der Waals surface area (Å²) >= 11 is 4.44. The van der Waals surface area contributed by atoms with E-state index in [0.717, 1.165) is 0 Å². The minimum absolute atomic E-state index is 0. The molecule has 0 heterocycles. The van der Waals surface area contributed by atoms with Gasteiger partial charge >= 0.3 is 0 Å². The van der Waals surface area contributed by atoms with E-state index in [4.69, 9.17) is 24.0 Å². The second-order valence-electron chi connectivity index (χ2n) is 2.93. The van der Waals surface area contributed by atoms with Gasteiger partial charge in [-0.05, 0) is 19.4 Å². The molecule has 0 aliphatic carbocycles. The molecule has 0 saturated heterocycles. The minimum Gasteiger partial charge on any atom is -0.307 e. The molecule has 120 valence electrons. The molecule has 1 aromatic rings. The van der Waals surface area contributed by atoms with Gasteiger partial charge in [0.15, 0.2) is 0 Å². The Labute approximate surface area is 142 Å². The Kier molecular flexibility index (Phi) is 63.2. The van der Waals surface area contributed by atoms with Crippen molar-refractivity contribution < 1.29 is 41.3 Å². The molecule has 0 bridgehead atoms. The molecule has 0 aromatic heterocycles. The van der Waals surface area contributed by atoms with Gasteiger partial charge in [-0.15, -0.1) is 0 Å². The second kappa shape index (κ2) is 36.2. The molecule has 0 radical (unpaired) electrons. The van der Waals surface area contributed by atoms with Gasteiger partial charge in [0.05, 0.1) is 0 Å². The van der Waals surface area contributed by atoms with E-state index in [2.05, 4.69) is 38.6 Å². The maximum absolute atomic E-state index is 8.00. The Morgan fingerprint density at radius 1 is 0.714 bits per heavy atom. The number of hydrogen-bond donors (Lipinski definition) is 1. The van der Waals surface area contributed by atoms with Crippen LogP contribution in [-0.4, -0.2) is 33.9 Å². The molecule has 0 aliphatic heterocycles. The molecule has 0 saturated carbocycles. The fraction of sp³-hybridized carbons (Fsp3) is 0.214. The van der Waals surface area contributed by atoms with Gasteiger partial charge in [-0.2, -0.15) is 12.6 Å². The molecule has 0 spiro atoms. The average Bonchev–Trinajstić information content (AvgIpc) is 2.57.